The van der Waals surface area contributed by atoms with Crippen LogP contribution < -0.4 is 4.74 Å². The van der Waals surface area contributed by atoms with Gasteiger partial charge in [0, 0.05) is 0 Å². The molecule has 0 amide bonds. The van der Waals surface area contributed by atoms with Gasteiger partial charge in [-0.3, -0.25) is 0 Å². The summed E-state index contributed by atoms with van der Waals surface area (Å²) in [5.74, 6) is 0.692. The maximum Gasteiger partial charge on any atom is 0.160 e. The van der Waals surface area contributed by atoms with Gasteiger partial charge in [-0.25, -0.2) is 0 Å². The fourth-order valence-corrected chi connectivity index (χ4v) is 1.29. The van der Waals surface area contributed by atoms with Crippen LogP contribution in [0.5, 0.6) is 11.5 Å². The predicted molar refractivity (Wildman–Crippen MR) is 65.0 cm³/mol. The molecule has 1 aromatic rings. The van der Waals surface area contributed by atoms with Crippen LogP contribution in [0, 0.1) is 0 Å². The van der Waals surface area contributed by atoms with Crippen LogP contribution in [-0.4, -0.2) is 50.9 Å². The number of methoxy groups -OCH3 is 1. The Kier molecular flexibility index (Phi) is 4.81. The second-order valence-corrected chi connectivity index (χ2v) is 4.12. The highest BCUT2D eigenvalue weighted by atomic mass is 16.6. The summed E-state index contributed by atoms with van der Waals surface area (Å²) < 4.78 is 19.9. The Morgan fingerprint density at radius 3 is 2.11 bits per heavy atom. The Hall–Kier alpha value is -1.30. The van der Waals surface area contributed by atoms with Gasteiger partial charge in [0.1, 0.15) is 12.2 Å². The topological polar surface area (TPSA) is 63.8 Å². The zero-order valence-corrected chi connectivity index (χ0v) is 10.4. The zero-order valence-electron chi connectivity index (χ0n) is 10.4. The molecule has 5 heteroatoms. The Morgan fingerprint density at radius 2 is 1.72 bits per heavy atom. The number of phenols is 1. The Labute approximate surface area is 106 Å². The Balaban J connectivity index is 0.000000134. The lowest BCUT2D eigenvalue weighted by atomic mass is 10.3. The highest BCUT2D eigenvalue weighted by molar-refractivity contribution is 5.37. The van der Waals surface area contributed by atoms with E-state index in [1.165, 1.54) is 7.11 Å². The van der Waals surface area contributed by atoms with Gasteiger partial charge >= 0.3 is 0 Å². The van der Waals surface area contributed by atoms with Crippen molar-refractivity contribution in [2.75, 3.05) is 33.5 Å². The van der Waals surface area contributed by atoms with Crippen LogP contribution in [0.15, 0.2) is 24.3 Å². The number of benzene rings is 1. The fraction of sp³-hybridized carbons (Fsp3) is 0.538. The average molecular weight is 254 g/mol. The molecule has 0 bridgehead atoms. The summed E-state index contributed by atoms with van der Waals surface area (Å²) in [6, 6.07) is 6.84. The smallest absolute Gasteiger partial charge is 0.160 e. The molecule has 100 valence electrons. The summed E-state index contributed by atoms with van der Waals surface area (Å²) in [6.07, 6.45) is 0.785. The van der Waals surface area contributed by atoms with E-state index in [4.69, 9.17) is 24.1 Å². The highest BCUT2D eigenvalue weighted by Gasteiger charge is 2.26. The fourth-order valence-electron chi connectivity index (χ4n) is 1.29. The SMILES string of the molecule is C(OCC1CO1)C1CO1.COc1ccccc1O. The van der Waals surface area contributed by atoms with Crippen LogP contribution >= 0.6 is 0 Å². The molecule has 2 fully saturated rings. The van der Waals surface area contributed by atoms with E-state index in [0.29, 0.717) is 18.0 Å². The van der Waals surface area contributed by atoms with E-state index in [1.54, 1.807) is 24.3 Å². The minimum Gasteiger partial charge on any atom is -0.504 e. The first kappa shape index (κ1) is 13.1. The number of ether oxygens (including phenoxy) is 4. The number of para-hydroxylation sites is 2. The molecule has 0 radical (unpaired) electrons. The van der Waals surface area contributed by atoms with Crippen molar-refractivity contribution < 1.29 is 24.1 Å². The van der Waals surface area contributed by atoms with Crippen molar-refractivity contribution in [1.29, 1.82) is 0 Å². The molecule has 0 saturated carbocycles. The van der Waals surface area contributed by atoms with Gasteiger partial charge in [0.2, 0.25) is 0 Å². The molecule has 1 N–H and O–H groups in total. The van der Waals surface area contributed by atoms with Crippen LogP contribution in [0.1, 0.15) is 0 Å². The van der Waals surface area contributed by atoms with Crippen molar-refractivity contribution >= 4 is 0 Å². The molecule has 2 aliphatic rings. The van der Waals surface area contributed by atoms with Gasteiger partial charge in [-0.2, -0.15) is 0 Å². The van der Waals surface area contributed by atoms with Gasteiger partial charge in [0.15, 0.2) is 11.5 Å². The first-order valence-corrected chi connectivity index (χ1v) is 5.92. The molecule has 1 aromatic carbocycles. The number of hydrogen-bond donors (Lipinski definition) is 1. The third kappa shape index (κ3) is 4.91. The summed E-state index contributed by atoms with van der Waals surface area (Å²) >= 11 is 0. The summed E-state index contributed by atoms with van der Waals surface area (Å²) in [7, 11) is 1.52. The van der Waals surface area contributed by atoms with E-state index in [2.05, 4.69) is 0 Å². The van der Waals surface area contributed by atoms with Gasteiger partial charge in [0.05, 0.1) is 33.5 Å². The zero-order chi connectivity index (χ0) is 12.8. The van der Waals surface area contributed by atoms with Gasteiger partial charge in [0.25, 0.3) is 0 Å². The lowest BCUT2D eigenvalue weighted by Crippen LogP contribution is -2.06. The molecule has 0 spiro atoms. The second-order valence-electron chi connectivity index (χ2n) is 4.12. The molecule has 0 aliphatic carbocycles. The average Bonchev–Trinajstić information content (AvgIpc) is 3.25. The molecule has 3 rings (SSSR count). The number of rotatable bonds is 5. The minimum absolute atomic E-state index is 0.181. The van der Waals surface area contributed by atoms with Crippen molar-refractivity contribution in [1.82, 2.24) is 0 Å². The maximum absolute atomic E-state index is 8.99. The van der Waals surface area contributed by atoms with Crippen molar-refractivity contribution in [3.8, 4) is 11.5 Å². The molecule has 2 saturated heterocycles. The van der Waals surface area contributed by atoms with Crippen LogP contribution in [0.4, 0.5) is 0 Å². The molecule has 2 heterocycles. The predicted octanol–water partition coefficient (Wildman–Crippen LogP) is 1.20. The summed E-state index contributed by atoms with van der Waals surface area (Å²) in [6.45, 7) is 3.26. The molecule has 0 aromatic heterocycles. The normalized spacial score (nSPS) is 23.8. The van der Waals surface area contributed by atoms with Crippen LogP contribution in [0.25, 0.3) is 0 Å². The molecular formula is C13H18O5. The molecule has 5 nitrogen and oxygen atoms in total. The summed E-state index contributed by atoms with van der Waals surface area (Å²) in [4.78, 5) is 0. The summed E-state index contributed by atoms with van der Waals surface area (Å²) in [5, 5.41) is 8.99. The first-order valence-electron chi connectivity index (χ1n) is 5.92. The molecule has 18 heavy (non-hydrogen) atoms. The van der Waals surface area contributed by atoms with Crippen molar-refractivity contribution in [2.24, 2.45) is 0 Å². The van der Waals surface area contributed by atoms with E-state index in [1.807, 2.05) is 0 Å². The van der Waals surface area contributed by atoms with Crippen LogP contribution in [-0.2, 0) is 14.2 Å². The number of hydrogen-bond acceptors (Lipinski definition) is 5. The molecular weight excluding hydrogens is 236 g/mol. The number of epoxide rings is 2. The minimum atomic E-state index is 0.181. The standard InChI is InChI=1S/C7H8O2.C6H10O3/c1-9-7-5-3-2-4-6(7)8;1(5-3-8-5)7-2-6-4-9-6/h2-5,8H,1H3;5-6H,1-4H2. The first-order chi connectivity index (χ1) is 8.79. The maximum atomic E-state index is 8.99. The lowest BCUT2D eigenvalue weighted by Gasteiger charge is -1.99. The molecule has 2 aliphatic heterocycles. The highest BCUT2D eigenvalue weighted by Crippen LogP contribution is 2.23. The van der Waals surface area contributed by atoms with E-state index in [9.17, 15) is 0 Å². The van der Waals surface area contributed by atoms with E-state index in [0.717, 1.165) is 26.4 Å². The Morgan fingerprint density at radius 1 is 1.17 bits per heavy atom. The largest absolute Gasteiger partial charge is 0.504 e. The van der Waals surface area contributed by atoms with Gasteiger partial charge in [-0.05, 0) is 12.1 Å². The molecule has 2 unspecified atom stereocenters. The quantitative estimate of drug-likeness (QED) is 0.800. The second kappa shape index (κ2) is 6.58. The molecule has 2 atom stereocenters. The Bertz CT molecular complexity index is 348. The van der Waals surface area contributed by atoms with E-state index in [-0.39, 0.29) is 5.75 Å². The van der Waals surface area contributed by atoms with Gasteiger partial charge in [-0.15, -0.1) is 0 Å². The van der Waals surface area contributed by atoms with Gasteiger partial charge in [-0.1, -0.05) is 12.1 Å². The third-order valence-corrected chi connectivity index (χ3v) is 2.50. The van der Waals surface area contributed by atoms with Crippen molar-refractivity contribution in [2.45, 2.75) is 12.2 Å². The summed E-state index contributed by atoms with van der Waals surface area (Å²) in [5.41, 5.74) is 0. The van der Waals surface area contributed by atoms with Gasteiger partial charge < -0.3 is 24.1 Å². The van der Waals surface area contributed by atoms with Crippen LogP contribution in [0.3, 0.4) is 0 Å². The van der Waals surface area contributed by atoms with E-state index >= 15 is 0 Å². The van der Waals surface area contributed by atoms with Crippen molar-refractivity contribution in [3.63, 3.8) is 0 Å². The van der Waals surface area contributed by atoms with Crippen LogP contribution in [0.2, 0.25) is 0 Å². The number of phenolic OH excluding ortho intramolecular Hbond substituents is 1. The third-order valence-electron chi connectivity index (χ3n) is 2.50. The van der Waals surface area contributed by atoms with Crippen molar-refractivity contribution in [3.05, 3.63) is 24.3 Å². The van der Waals surface area contributed by atoms with E-state index < -0.39 is 0 Å². The monoisotopic (exact) mass is 254 g/mol. The number of aromatic hydroxyl groups is 1. The lowest BCUT2D eigenvalue weighted by molar-refractivity contribution is 0.102.